The Morgan fingerprint density at radius 2 is 0.560 bits per heavy atom. The molecule has 6 aromatic heterocycles. The van der Waals surface area contributed by atoms with Crippen LogP contribution in [0.3, 0.4) is 0 Å². The van der Waals surface area contributed by atoms with Crippen LogP contribution in [0.5, 0.6) is 0 Å². The smallest absolute Gasteiger partial charge is 0.221 e. The second kappa shape index (κ2) is 25.4. The first-order valence-electron chi connectivity index (χ1n) is 39.1. The molecule has 0 bridgehead atoms. The van der Waals surface area contributed by atoms with Gasteiger partial charge in [-0.05, 0) is 163 Å². The second-order valence-corrected chi connectivity index (χ2v) is 35.8. The first-order valence-corrected chi connectivity index (χ1v) is 42.5. The van der Waals surface area contributed by atoms with Crippen LogP contribution < -0.4 is 31.8 Å². The zero-order valence-corrected chi connectivity index (χ0v) is 64.0. The average Bonchev–Trinajstić information content (AvgIpc) is 1.55. The average molecular weight is 1520 g/mol. The van der Waals surface area contributed by atoms with Crippen molar-refractivity contribution in [3.63, 3.8) is 0 Å². The highest BCUT2D eigenvalue weighted by molar-refractivity contribution is 7.85. The molecule has 0 aliphatic carbocycles. The van der Waals surface area contributed by atoms with E-state index in [1.54, 1.807) is 0 Å². The van der Waals surface area contributed by atoms with Crippen molar-refractivity contribution in [3.8, 4) is 45.3 Å². The molecule has 0 spiro atoms. The molecular weight excluding hydrogens is 1460 g/mol. The molecule has 24 rings (SSSR count). The number of benzene rings is 18. The third-order valence-corrected chi connectivity index (χ3v) is 30.1. The Morgan fingerprint density at radius 1 is 0.207 bits per heavy atom. The van der Waals surface area contributed by atoms with E-state index in [1.165, 1.54) is 0 Å². The number of hydrogen-bond acceptors (Lipinski definition) is 6. The van der Waals surface area contributed by atoms with Crippen molar-refractivity contribution in [3.05, 3.63) is 388 Å². The molecule has 1 atom stereocenters. The summed E-state index contributed by atoms with van der Waals surface area (Å²) in [5.74, 6) is 1.50. The Bertz CT molecular complexity index is 8380. The molecule has 0 saturated heterocycles. The summed E-state index contributed by atoms with van der Waals surface area (Å²) in [7, 11) is -6.72. The third kappa shape index (κ3) is 9.78. The molecule has 18 aromatic carbocycles. The molecule has 0 aliphatic heterocycles. The van der Waals surface area contributed by atoms with E-state index in [0.717, 1.165) is 219 Å². The molecular formula is C104H64N8O2P2. The summed E-state index contributed by atoms with van der Waals surface area (Å²) >= 11 is 0. The van der Waals surface area contributed by atoms with E-state index in [0.29, 0.717) is 0 Å². The maximum absolute atomic E-state index is 16.6. The lowest BCUT2D eigenvalue weighted by Gasteiger charge is -2.21. The predicted octanol–water partition coefficient (Wildman–Crippen LogP) is 23.5. The fraction of sp³-hybridized carbons (Fsp3) is 0. The van der Waals surface area contributed by atoms with Crippen LogP contribution in [0, 0.1) is 0 Å². The van der Waals surface area contributed by atoms with Gasteiger partial charge in [0.1, 0.15) is 11.3 Å². The van der Waals surface area contributed by atoms with Crippen molar-refractivity contribution >= 4 is 188 Å². The van der Waals surface area contributed by atoms with E-state index in [4.69, 9.17) is 19.9 Å². The highest BCUT2D eigenvalue weighted by atomic mass is 31.2. The Hall–Kier alpha value is -14.7. The van der Waals surface area contributed by atoms with Crippen molar-refractivity contribution in [2.24, 2.45) is 0 Å². The Labute approximate surface area is 664 Å². The van der Waals surface area contributed by atoms with Crippen LogP contribution in [0.4, 0.5) is 0 Å². The number of nitrogens with zero attached hydrogens (tertiary/aromatic N) is 8. The summed E-state index contributed by atoms with van der Waals surface area (Å²) in [6.07, 6.45) is 0. The van der Waals surface area contributed by atoms with Gasteiger partial charge in [0.05, 0.1) is 55.2 Å². The molecule has 0 radical (unpaired) electrons. The maximum atomic E-state index is 16.6. The van der Waals surface area contributed by atoms with Crippen molar-refractivity contribution in [2.45, 2.75) is 0 Å². The lowest BCUT2D eigenvalue weighted by atomic mass is 9.94. The van der Waals surface area contributed by atoms with Crippen LogP contribution in [-0.2, 0) is 9.13 Å². The predicted molar refractivity (Wildman–Crippen MR) is 483 cm³/mol. The molecule has 542 valence electrons. The number of fused-ring (bicyclic) bond motifs is 22. The van der Waals surface area contributed by atoms with E-state index in [9.17, 15) is 0 Å². The van der Waals surface area contributed by atoms with Gasteiger partial charge in [-0.15, -0.1) is 0 Å². The fourth-order valence-electron chi connectivity index (χ4n) is 18.6. The summed E-state index contributed by atoms with van der Waals surface area (Å²) in [4.78, 5) is 21.9. The van der Waals surface area contributed by atoms with Gasteiger partial charge >= 0.3 is 0 Å². The number of hydrogen-bond donors (Lipinski definition) is 0. The summed E-state index contributed by atoms with van der Waals surface area (Å²) in [5.41, 5.74) is 17.5. The zero-order valence-electron chi connectivity index (χ0n) is 62.2. The van der Waals surface area contributed by atoms with E-state index in [-0.39, 0.29) is 0 Å². The van der Waals surface area contributed by atoms with Crippen LogP contribution >= 0.6 is 14.3 Å². The normalized spacial score (nSPS) is 12.8. The highest BCUT2D eigenvalue weighted by Crippen LogP contribution is 2.49. The topological polar surface area (TPSA) is 104 Å². The number of imidazole rings is 2. The van der Waals surface area contributed by atoms with Crippen LogP contribution in [0.2, 0.25) is 0 Å². The molecule has 0 N–H and O–H groups in total. The Kier molecular flexibility index (Phi) is 14.5. The monoisotopic (exact) mass is 1520 g/mol. The van der Waals surface area contributed by atoms with Crippen LogP contribution in [-0.4, -0.2) is 37.9 Å². The lowest BCUT2D eigenvalue weighted by molar-refractivity contribution is 0.591. The van der Waals surface area contributed by atoms with Gasteiger partial charge in [0.25, 0.3) is 0 Å². The summed E-state index contributed by atoms with van der Waals surface area (Å²) in [6.45, 7) is 0. The van der Waals surface area contributed by atoms with Gasteiger partial charge in [-0.1, -0.05) is 291 Å². The minimum atomic E-state index is -3.48. The van der Waals surface area contributed by atoms with Gasteiger partial charge in [-0.2, -0.15) is 0 Å². The molecule has 10 nitrogen and oxygen atoms in total. The molecule has 6 heterocycles. The molecule has 1 unspecified atom stereocenters. The number of rotatable bonds is 11. The third-order valence-electron chi connectivity index (χ3n) is 24.0. The van der Waals surface area contributed by atoms with Crippen molar-refractivity contribution in [1.82, 2.24) is 37.9 Å². The molecule has 116 heavy (non-hydrogen) atoms. The zero-order chi connectivity index (χ0) is 76.5. The van der Waals surface area contributed by atoms with E-state index >= 15 is 9.13 Å². The van der Waals surface area contributed by atoms with E-state index in [2.05, 4.69) is 291 Å². The van der Waals surface area contributed by atoms with Gasteiger partial charge in [0, 0.05) is 74.9 Å². The number of para-hydroxylation sites is 7. The molecule has 24 aromatic rings. The number of aromatic nitrogens is 8. The van der Waals surface area contributed by atoms with Gasteiger partial charge in [0.15, 0.2) is 14.3 Å². The molecule has 0 saturated carbocycles. The highest BCUT2D eigenvalue weighted by Gasteiger charge is 2.33. The largest absolute Gasteiger partial charge is 0.309 e. The van der Waals surface area contributed by atoms with Crippen LogP contribution in [0.25, 0.3) is 187 Å². The lowest BCUT2D eigenvalue weighted by Crippen LogP contribution is -2.25. The van der Waals surface area contributed by atoms with Crippen molar-refractivity contribution in [2.75, 3.05) is 0 Å². The SMILES string of the molecule is O=P(c1ccccc1)(c1ccc(-c2ccc3nc(-n4c5ccccc5c5cc(-c6ccc7ccc(P(=O)(c8ccccc8)c8ccccc8)cc7c6)c6ccccc6c54)n4c5ccccc5nc4c3c2)cc1)c1ccc2cc(-c3cc4c5ccccc5n(-c5nc6ccccc6c6nc7ccccc7n56)c4c4ccccc34)ccc2c1. The summed E-state index contributed by atoms with van der Waals surface area (Å²) in [6, 6.07) is 135. The van der Waals surface area contributed by atoms with Gasteiger partial charge in [-0.3, -0.25) is 17.9 Å². The molecule has 0 fully saturated rings. The van der Waals surface area contributed by atoms with Gasteiger partial charge in [0.2, 0.25) is 11.9 Å². The molecule has 12 heteroatoms. The Balaban J connectivity index is 0.598. The van der Waals surface area contributed by atoms with Gasteiger partial charge in [-0.25, -0.2) is 19.9 Å². The minimum absolute atomic E-state index is 0.724. The second-order valence-electron chi connectivity index (χ2n) is 30.3. The Morgan fingerprint density at radius 3 is 1.09 bits per heavy atom. The van der Waals surface area contributed by atoms with Crippen LogP contribution in [0.1, 0.15) is 0 Å². The first-order chi connectivity index (χ1) is 57.3. The standard InChI is InChI=1S/C104H64N8O2P2/c113-115(73-24-4-1-5-25-73,74-26-6-2-7-27-74)78-55-50-66-44-46-71(59-72(66)61-78)87-64-89-82-33-16-21-41-96(82)110(100(89)84-35-13-11-31-80(84)87)104-108-92-57-52-69(62-90(92)102-106-94-39-19-23-43-98(94)112(102)104)65-48-53-76(54-49-65)116(114,75-28-8-3-9-29-75)77-56-51-67-58-70(47-45-68(67)60-77)86-63-88-81-32-15-20-40-95(81)109(99(88)83-34-12-10-30-79(83)86)103-107-91-37-17-14-36-85(91)101-105-93-38-18-22-42-97(93)111(101)103/h1-64H. The quantitative estimate of drug-likeness (QED) is 0.120. The molecule has 0 amide bonds. The van der Waals surface area contributed by atoms with E-state index < -0.39 is 14.3 Å². The van der Waals surface area contributed by atoms with E-state index in [1.807, 2.05) is 115 Å². The minimum Gasteiger partial charge on any atom is -0.309 e. The van der Waals surface area contributed by atoms with Crippen LogP contribution in [0.15, 0.2) is 388 Å². The van der Waals surface area contributed by atoms with Crippen molar-refractivity contribution in [1.29, 1.82) is 0 Å². The fourth-order valence-corrected chi connectivity index (χ4v) is 23.9. The summed E-state index contributed by atoms with van der Waals surface area (Å²) in [5, 5.41) is 19.5. The van der Waals surface area contributed by atoms with Crippen molar-refractivity contribution < 1.29 is 9.13 Å². The first kappa shape index (κ1) is 66.0. The summed E-state index contributed by atoms with van der Waals surface area (Å²) < 4.78 is 41.5. The maximum Gasteiger partial charge on any atom is 0.221 e. The van der Waals surface area contributed by atoms with Gasteiger partial charge < -0.3 is 9.13 Å². The molecule has 0 aliphatic rings.